The van der Waals surface area contributed by atoms with E-state index < -0.39 is 10.0 Å². The standard InChI is InChI=1S/C16H22N2O2S/c1-2-3-10-21(19,20)18-12-8-9-14-13-6-4-5-7-15(13)17-16(14)11-12/h4-7,12,17-18H,2-3,8-11H2,1H3. The molecule has 1 aromatic heterocycles. The molecule has 0 spiro atoms. The van der Waals surface area contributed by atoms with Gasteiger partial charge in [-0.1, -0.05) is 31.5 Å². The number of H-pyrrole nitrogens is 1. The second-order valence-electron chi connectivity index (χ2n) is 5.86. The zero-order valence-corrected chi connectivity index (χ0v) is 13.2. The summed E-state index contributed by atoms with van der Waals surface area (Å²) in [7, 11) is -3.14. The van der Waals surface area contributed by atoms with Gasteiger partial charge in [-0.3, -0.25) is 0 Å². The highest BCUT2D eigenvalue weighted by Crippen LogP contribution is 2.29. The number of aryl methyl sites for hydroxylation is 1. The summed E-state index contributed by atoms with van der Waals surface area (Å²) in [6.07, 6.45) is 4.19. The summed E-state index contributed by atoms with van der Waals surface area (Å²) >= 11 is 0. The highest BCUT2D eigenvalue weighted by Gasteiger charge is 2.25. The first-order valence-electron chi connectivity index (χ1n) is 7.67. The molecule has 114 valence electrons. The Balaban J connectivity index is 1.76. The number of nitrogens with one attached hydrogen (secondary N) is 2. The van der Waals surface area contributed by atoms with Crippen LogP contribution in [-0.4, -0.2) is 25.2 Å². The van der Waals surface area contributed by atoms with E-state index in [1.165, 1.54) is 16.6 Å². The molecule has 0 amide bonds. The van der Waals surface area contributed by atoms with Crippen LogP contribution < -0.4 is 4.72 Å². The lowest BCUT2D eigenvalue weighted by molar-refractivity contribution is 0.504. The first kappa shape index (κ1) is 14.6. The molecule has 21 heavy (non-hydrogen) atoms. The van der Waals surface area contributed by atoms with E-state index >= 15 is 0 Å². The van der Waals surface area contributed by atoms with Crippen molar-refractivity contribution in [3.05, 3.63) is 35.5 Å². The van der Waals surface area contributed by atoms with Crippen molar-refractivity contribution in [2.45, 2.75) is 45.1 Å². The SMILES string of the molecule is CCCCS(=O)(=O)NC1CCc2c([nH]c3ccccc23)C1. The van der Waals surface area contributed by atoms with Crippen molar-refractivity contribution in [2.24, 2.45) is 0 Å². The number of rotatable bonds is 5. The van der Waals surface area contributed by atoms with Crippen molar-refractivity contribution in [3.8, 4) is 0 Å². The molecule has 1 aliphatic carbocycles. The van der Waals surface area contributed by atoms with Crippen LogP contribution in [0.25, 0.3) is 10.9 Å². The van der Waals surface area contributed by atoms with E-state index in [1.807, 2.05) is 13.0 Å². The van der Waals surface area contributed by atoms with Crippen LogP contribution in [0.2, 0.25) is 0 Å². The molecule has 1 atom stereocenters. The van der Waals surface area contributed by atoms with Crippen molar-refractivity contribution >= 4 is 20.9 Å². The average Bonchev–Trinajstić information content (AvgIpc) is 2.82. The Morgan fingerprint density at radius 2 is 2.14 bits per heavy atom. The van der Waals surface area contributed by atoms with E-state index in [1.54, 1.807) is 0 Å². The van der Waals surface area contributed by atoms with Gasteiger partial charge in [0.25, 0.3) is 0 Å². The molecule has 5 heteroatoms. The molecule has 4 nitrogen and oxygen atoms in total. The first-order chi connectivity index (χ1) is 10.1. The number of para-hydroxylation sites is 1. The number of fused-ring (bicyclic) bond motifs is 3. The van der Waals surface area contributed by atoms with Crippen molar-refractivity contribution in [1.29, 1.82) is 0 Å². The summed E-state index contributed by atoms with van der Waals surface area (Å²) in [6.45, 7) is 2.01. The fourth-order valence-corrected chi connectivity index (χ4v) is 4.63. The molecular formula is C16H22N2O2S. The summed E-state index contributed by atoms with van der Waals surface area (Å²) in [6, 6.07) is 8.31. The largest absolute Gasteiger partial charge is 0.358 e. The van der Waals surface area contributed by atoms with Crippen LogP contribution in [0.4, 0.5) is 0 Å². The quantitative estimate of drug-likeness (QED) is 0.892. The molecule has 0 saturated carbocycles. The first-order valence-corrected chi connectivity index (χ1v) is 9.33. The van der Waals surface area contributed by atoms with Gasteiger partial charge in [-0.05, 0) is 30.9 Å². The molecule has 2 N–H and O–H groups in total. The van der Waals surface area contributed by atoms with Crippen LogP contribution in [0.3, 0.4) is 0 Å². The van der Waals surface area contributed by atoms with Gasteiger partial charge in [-0.25, -0.2) is 13.1 Å². The Kier molecular flexibility index (Phi) is 4.04. The Bertz CT molecular complexity index is 734. The fourth-order valence-electron chi connectivity index (χ4n) is 3.13. The lowest BCUT2D eigenvalue weighted by Crippen LogP contribution is -2.39. The molecule has 0 bridgehead atoms. The zero-order chi connectivity index (χ0) is 14.9. The molecular weight excluding hydrogens is 284 g/mol. The topological polar surface area (TPSA) is 62.0 Å². The summed E-state index contributed by atoms with van der Waals surface area (Å²) < 4.78 is 26.9. The molecule has 0 radical (unpaired) electrons. The summed E-state index contributed by atoms with van der Waals surface area (Å²) in [5, 5.41) is 1.28. The molecule has 0 aliphatic heterocycles. The van der Waals surface area contributed by atoms with Crippen LogP contribution in [-0.2, 0) is 22.9 Å². The molecule has 1 unspecified atom stereocenters. The van der Waals surface area contributed by atoms with Crippen LogP contribution >= 0.6 is 0 Å². The number of hydrogen-bond acceptors (Lipinski definition) is 2. The number of sulfonamides is 1. The lowest BCUT2D eigenvalue weighted by Gasteiger charge is -2.23. The maximum Gasteiger partial charge on any atom is 0.211 e. The van der Waals surface area contributed by atoms with Crippen molar-refractivity contribution in [1.82, 2.24) is 9.71 Å². The Labute approximate surface area is 126 Å². The molecule has 0 saturated heterocycles. The maximum absolute atomic E-state index is 12.0. The van der Waals surface area contributed by atoms with Gasteiger partial charge in [-0.2, -0.15) is 0 Å². The van der Waals surface area contributed by atoms with E-state index in [-0.39, 0.29) is 11.8 Å². The summed E-state index contributed by atoms with van der Waals surface area (Å²) in [5.74, 6) is 0.236. The van der Waals surface area contributed by atoms with Gasteiger partial charge < -0.3 is 4.98 Å². The molecule has 3 rings (SSSR count). The highest BCUT2D eigenvalue weighted by atomic mass is 32.2. The number of hydrogen-bond donors (Lipinski definition) is 2. The van der Waals surface area contributed by atoms with Crippen LogP contribution in [0.15, 0.2) is 24.3 Å². The number of aromatic nitrogens is 1. The average molecular weight is 306 g/mol. The van der Waals surface area contributed by atoms with Crippen molar-refractivity contribution < 1.29 is 8.42 Å². The predicted octanol–water partition coefficient (Wildman–Crippen LogP) is 2.74. The molecule has 0 fully saturated rings. The second-order valence-corrected chi connectivity index (χ2v) is 7.73. The third-order valence-corrected chi connectivity index (χ3v) is 5.73. The molecule has 2 aromatic rings. The predicted molar refractivity (Wildman–Crippen MR) is 85.9 cm³/mol. The van der Waals surface area contributed by atoms with Gasteiger partial charge in [0.15, 0.2) is 0 Å². The Morgan fingerprint density at radius 3 is 2.95 bits per heavy atom. The van der Waals surface area contributed by atoms with Crippen molar-refractivity contribution in [3.63, 3.8) is 0 Å². The zero-order valence-electron chi connectivity index (χ0n) is 12.4. The minimum absolute atomic E-state index is 0.0208. The van der Waals surface area contributed by atoms with E-state index in [0.717, 1.165) is 37.6 Å². The van der Waals surface area contributed by atoms with Crippen LogP contribution in [0.1, 0.15) is 37.4 Å². The van der Waals surface area contributed by atoms with Gasteiger partial charge in [0.05, 0.1) is 5.75 Å². The second kappa shape index (κ2) is 5.81. The number of benzene rings is 1. The lowest BCUT2D eigenvalue weighted by atomic mass is 9.92. The monoisotopic (exact) mass is 306 g/mol. The van der Waals surface area contributed by atoms with E-state index in [4.69, 9.17) is 0 Å². The van der Waals surface area contributed by atoms with Gasteiger partial charge in [0.2, 0.25) is 10.0 Å². The fraction of sp³-hybridized carbons (Fsp3) is 0.500. The number of unbranched alkanes of at least 4 members (excludes halogenated alkanes) is 1. The van der Waals surface area contributed by atoms with Gasteiger partial charge >= 0.3 is 0 Å². The smallest absolute Gasteiger partial charge is 0.211 e. The summed E-state index contributed by atoms with van der Waals surface area (Å²) in [5.41, 5.74) is 3.69. The number of aromatic amines is 1. The minimum Gasteiger partial charge on any atom is -0.358 e. The highest BCUT2D eigenvalue weighted by molar-refractivity contribution is 7.89. The third-order valence-electron chi connectivity index (χ3n) is 4.21. The summed E-state index contributed by atoms with van der Waals surface area (Å²) in [4.78, 5) is 3.44. The van der Waals surface area contributed by atoms with E-state index in [0.29, 0.717) is 0 Å². The molecule has 1 heterocycles. The maximum atomic E-state index is 12.0. The van der Waals surface area contributed by atoms with Gasteiger partial charge in [0.1, 0.15) is 0 Å². The third kappa shape index (κ3) is 3.14. The molecule has 1 aliphatic rings. The Morgan fingerprint density at radius 1 is 1.33 bits per heavy atom. The van der Waals surface area contributed by atoms with Crippen LogP contribution in [0, 0.1) is 0 Å². The van der Waals surface area contributed by atoms with Gasteiger partial charge in [-0.15, -0.1) is 0 Å². The normalized spacial score (nSPS) is 18.8. The van der Waals surface area contributed by atoms with Crippen molar-refractivity contribution in [2.75, 3.05) is 5.75 Å². The Hall–Kier alpha value is -1.33. The van der Waals surface area contributed by atoms with E-state index in [2.05, 4.69) is 27.9 Å². The van der Waals surface area contributed by atoms with E-state index in [9.17, 15) is 8.42 Å². The minimum atomic E-state index is -3.14. The van der Waals surface area contributed by atoms with Gasteiger partial charge in [0, 0.05) is 29.1 Å². The molecule has 1 aromatic carbocycles. The van der Waals surface area contributed by atoms with Crippen LogP contribution in [0.5, 0.6) is 0 Å².